The first-order valence-corrected chi connectivity index (χ1v) is 9.63. The van der Waals surface area contributed by atoms with Gasteiger partial charge >= 0.3 is 0 Å². The van der Waals surface area contributed by atoms with Gasteiger partial charge in [-0.3, -0.25) is 4.90 Å². The number of aromatic hydroxyl groups is 1. The molecule has 2 N–H and O–H groups in total. The van der Waals surface area contributed by atoms with Crippen LogP contribution in [-0.4, -0.2) is 48.9 Å². The summed E-state index contributed by atoms with van der Waals surface area (Å²) in [5, 5.41) is 25.0. The van der Waals surface area contributed by atoms with Crippen molar-refractivity contribution in [2.75, 3.05) is 13.1 Å². The number of hydrogen-bond donors (Lipinski definition) is 2. The van der Waals surface area contributed by atoms with Gasteiger partial charge in [0.25, 0.3) is 0 Å². The molecule has 1 fully saturated rings. The Morgan fingerprint density at radius 1 is 1.27 bits per heavy atom. The van der Waals surface area contributed by atoms with Crippen molar-refractivity contribution in [2.45, 2.75) is 38.3 Å². The fraction of sp³-hybridized carbons (Fsp3) is 0.444. The number of hydrogen-bond acceptors (Lipinski definition) is 6. The maximum Gasteiger partial charge on any atom is 0.230 e. The van der Waals surface area contributed by atoms with Gasteiger partial charge in [0, 0.05) is 19.5 Å². The first-order valence-electron chi connectivity index (χ1n) is 8.81. The minimum atomic E-state index is -0.291. The van der Waals surface area contributed by atoms with E-state index in [9.17, 15) is 14.6 Å². The van der Waals surface area contributed by atoms with E-state index >= 15 is 0 Å². The van der Waals surface area contributed by atoms with Crippen LogP contribution in [0.5, 0.6) is 5.88 Å². The predicted molar refractivity (Wildman–Crippen MR) is 97.0 cm³/mol. The Hall–Kier alpha value is -2.03. The monoisotopic (exact) mass is 376 g/mol. The zero-order valence-electron chi connectivity index (χ0n) is 14.5. The van der Waals surface area contributed by atoms with E-state index in [1.165, 1.54) is 28.0 Å². The number of piperidine rings is 1. The molecule has 1 aliphatic heterocycles. The molecule has 6 nitrogen and oxygen atoms in total. The van der Waals surface area contributed by atoms with Crippen molar-refractivity contribution in [1.29, 1.82) is 0 Å². The Labute approximate surface area is 154 Å². The summed E-state index contributed by atoms with van der Waals surface area (Å²) in [4.78, 5) is 8.06. The second-order valence-electron chi connectivity index (χ2n) is 6.59. The van der Waals surface area contributed by atoms with Crippen molar-refractivity contribution in [1.82, 2.24) is 19.5 Å². The molecule has 2 aromatic heterocycles. The maximum atomic E-state index is 13.4. The van der Waals surface area contributed by atoms with Crippen LogP contribution < -0.4 is 0 Å². The van der Waals surface area contributed by atoms with Crippen LogP contribution in [0.15, 0.2) is 24.3 Å². The number of halogens is 1. The molecule has 0 unspecified atom stereocenters. The molecule has 8 heteroatoms. The Bertz CT molecular complexity index is 900. The molecule has 0 aliphatic carbocycles. The van der Waals surface area contributed by atoms with Crippen molar-refractivity contribution >= 4 is 16.3 Å². The van der Waals surface area contributed by atoms with Gasteiger partial charge in [0.05, 0.1) is 17.0 Å². The zero-order valence-corrected chi connectivity index (χ0v) is 15.3. The lowest BCUT2D eigenvalue weighted by molar-refractivity contribution is 0.0689. The van der Waals surface area contributed by atoms with E-state index in [1.807, 2.05) is 6.92 Å². The van der Waals surface area contributed by atoms with Gasteiger partial charge in [-0.2, -0.15) is 4.52 Å². The van der Waals surface area contributed by atoms with Crippen LogP contribution in [0.3, 0.4) is 0 Å². The van der Waals surface area contributed by atoms with E-state index in [-0.39, 0.29) is 23.8 Å². The molecule has 1 aliphatic rings. The standard InChI is InChI=1S/C18H21FN4O2S/c1-2-14-20-18-23(21-14)17(25)16(26-18)15(11-3-5-12(19)6-4-11)22-9-7-13(24)8-10-22/h3-6,13,15,24-25H,2,7-10H2,1H3/t15-/m0/s1. The van der Waals surface area contributed by atoms with Crippen LogP contribution in [0.2, 0.25) is 0 Å². The van der Waals surface area contributed by atoms with E-state index in [4.69, 9.17) is 0 Å². The number of aliphatic hydroxyl groups is 1. The molecular formula is C18H21FN4O2S. The Kier molecular flexibility index (Phi) is 4.64. The van der Waals surface area contributed by atoms with Gasteiger partial charge in [-0.1, -0.05) is 30.4 Å². The summed E-state index contributed by atoms with van der Waals surface area (Å²) in [5.74, 6) is 0.483. The summed E-state index contributed by atoms with van der Waals surface area (Å²) >= 11 is 1.40. The summed E-state index contributed by atoms with van der Waals surface area (Å²) < 4.78 is 14.9. The third-order valence-corrected chi connectivity index (χ3v) is 5.93. The fourth-order valence-corrected chi connectivity index (χ4v) is 4.57. The number of rotatable bonds is 4. The minimum Gasteiger partial charge on any atom is -0.492 e. The van der Waals surface area contributed by atoms with Crippen LogP contribution >= 0.6 is 11.3 Å². The summed E-state index contributed by atoms with van der Waals surface area (Å²) in [7, 11) is 0. The Morgan fingerprint density at radius 3 is 2.58 bits per heavy atom. The van der Waals surface area contributed by atoms with Crippen LogP contribution in [0.4, 0.5) is 4.39 Å². The number of aryl methyl sites for hydroxylation is 1. The molecule has 26 heavy (non-hydrogen) atoms. The van der Waals surface area contributed by atoms with Crippen LogP contribution in [0.1, 0.15) is 42.1 Å². The Morgan fingerprint density at radius 2 is 1.96 bits per heavy atom. The molecule has 1 atom stereocenters. The van der Waals surface area contributed by atoms with Crippen LogP contribution in [-0.2, 0) is 6.42 Å². The highest BCUT2D eigenvalue weighted by atomic mass is 32.1. The van der Waals surface area contributed by atoms with E-state index in [0.717, 1.165) is 10.4 Å². The average molecular weight is 376 g/mol. The third kappa shape index (κ3) is 3.08. The summed E-state index contributed by atoms with van der Waals surface area (Å²) in [5.41, 5.74) is 0.901. The highest BCUT2D eigenvalue weighted by molar-refractivity contribution is 7.17. The smallest absolute Gasteiger partial charge is 0.230 e. The summed E-state index contributed by atoms with van der Waals surface area (Å²) in [6, 6.07) is 6.14. The van der Waals surface area contributed by atoms with Crippen molar-refractivity contribution in [3.05, 3.63) is 46.3 Å². The maximum absolute atomic E-state index is 13.4. The molecule has 0 radical (unpaired) electrons. The lowest BCUT2D eigenvalue weighted by Gasteiger charge is -2.36. The molecule has 0 saturated carbocycles. The van der Waals surface area contributed by atoms with Gasteiger partial charge in [0.15, 0.2) is 5.82 Å². The summed E-state index contributed by atoms with van der Waals surface area (Å²) in [6.45, 7) is 3.38. The van der Waals surface area contributed by atoms with E-state index in [2.05, 4.69) is 15.0 Å². The van der Waals surface area contributed by atoms with Gasteiger partial charge in [0.2, 0.25) is 10.8 Å². The molecule has 1 saturated heterocycles. The first-order chi connectivity index (χ1) is 12.6. The second-order valence-corrected chi connectivity index (χ2v) is 7.60. The molecular weight excluding hydrogens is 355 g/mol. The molecule has 1 aromatic carbocycles. The third-order valence-electron chi connectivity index (χ3n) is 4.86. The van der Waals surface area contributed by atoms with Gasteiger partial charge in [-0.15, -0.1) is 5.10 Å². The topological polar surface area (TPSA) is 73.9 Å². The average Bonchev–Trinajstić information content (AvgIpc) is 3.18. The van der Waals surface area contributed by atoms with Gasteiger partial charge in [-0.25, -0.2) is 9.37 Å². The van der Waals surface area contributed by atoms with E-state index in [1.54, 1.807) is 12.1 Å². The normalized spacial score (nSPS) is 17.8. The van der Waals surface area contributed by atoms with Gasteiger partial charge in [-0.05, 0) is 30.5 Å². The number of fused-ring (bicyclic) bond motifs is 1. The molecule has 0 amide bonds. The minimum absolute atomic E-state index is 0.0812. The largest absolute Gasteiger partial charge is 0.492 e. The molecule has 3 aromatic rings. The van der Waals surface area contributed by atoms with Crippen molar-refractivity contribution in [3.8, 4) is 5.88 Å². The molecule has 3 heterocycles. The van der Waals surface area contributed by atoms with E-state index < -0.39 is 0 Å². The molecule has 138 valence electrons. The van der Waals surface area contributed by atoms with Gasteiger partial charge < -0.3 is 10.2 Å². The zero-order chi connectivity index (χ0) is 18.3. The number of aromatic nitrogens is 3. The molecule has 4 rings (SSSR count). The SMILES string of the molecule is CCc1nc2sc([C@H](c3ccc(F)cc3)N3CCC(O)CC3)c(O)n2n1. The Balaban J connectivity index is 1.78. The lowest BCUT2D eigenvalue weighted by Crippen LogP contribution is -2.38. The van der Waals surface area contributed by atoms with Crippen LogP contribution in [0, 0.1) is 5.82 Å². The number of thiazole rings is 1. The predicted octanol–water partition coefficient (Wildman–Crippen LogP) is 2.74. The number of aliphatic hydroxyl groups excluding tert-OH is 1. The second kappa shape index (κ2) is 6.94. The summed E-state index contributed by atoms with van der Waals surface area (Å²) in [6.07, 6.45) is 1.77. The first kappa shape index (κ1) is 17.4. The van der Waals surface area contributed by atoms with Crippen LogP contribution in [0.25, 0.3) is 4.96 Å². The van der Waals surface area contributed by atoms with Crippen molar-refractivity contribution < 1.29 is 14.6 Å². The highest BCUT2D eigenvalue weighted by Gasteiger charge is 2.31. The van der Waals surface area contributed by atoms with Crippen molar-refractivity contribution in [3.63, 3.8) is 0 Å². The fourth-order valence-electron chi connectivity index (χ4n) is 3.44. The van der Waals surface area contributed by atoms with Gasteiger partial charge in [0.1, 0.15) is 5.82 Å². The van der Waals surface area contributed by atoms with E-state index in [0.29, 0.717) is 43.1 Å². The molecule has 0 spiro atoms. The number of benzene rings is 1. The molecule has 0 bridgehead atoms. The van der Waals surface area contributed by atoms with Crippen molar-refractivity contribution in [2.24, 2.45) is 0 Å². The highest BCUT2D eigenvalue weighted by Crippen LogP contribution is 2.40. The lowest BCUT2D eigenvalue weighted by atomic mass is 9.99. The quantitative estimate of drug-likeness (QED) is 0.732. The number of likely N-dealkylation sites (tertiary alicyclic amines) is 1. The number of nitrogens with zero attached hydrogens (tertiary/aromatic N) is 4.